The van der Waals surface area contributed by atoms with Gasteiger partial charge in [-0.05, 0) is 52.6 Å². The van der Waals surface area contributed by atoms with Crippen LogP contribution >= 0.6 is 15.9 Å². The molecule has 0 aromatic carbocycles. The molecule has 1 saturated heterocycles. The van der Waals surface area contributed by atoms with Gasteiger partial charge >= 0.3 is 5.97 Å². The monoisotopic (exact) mass is 424 g/mol. The number of carbonyl (C=O) groups excluding carboxylic acids is 1. The summed E-state index contributed by atoms with van der Waals surface area (Å²) >= 11 is 3.36. The topological polar surface area (TPSA) is 62.7 Å². The van der Waals surface area contributed by atoms with E-state index < -0.39 is 5.97 Å². The Hall–Kier alpha value is -1.14. The molecule has 1 aliphatic carbocycles. The number of β-amino-alcohol motifs (C(OH)–C–C–N with tert-alkyl or cyclic N) is 1. The van der Waals surface area contributed by atoms with Gasteiger partial charge in [0.15, 0.2) is 0 Å². The van der Waals surface area contributed by atoms with E-state index in [0.717, 1.165) is 35.7 Å². The van der Waals surface area contributed by atoms with Gasteiger partial charge in [-0.15, -0.1) is 0 Å². The molecule has 5 nitrogen and oxygen atoms in total. The SMILES string of the molecule is COC(=O)c1cc(Br)cnc1N1CCC(CC2CCCCC2C)C(O)C1. The first-order valence-corrected chi connectivity index (χ1v) is 10.5. The molecule has 6 heteroatoms. The second-order valence-corrected chi connectivity index (χ2v) is 8.75. The number of anilines is 1. The molecule has 2 fully saturated rings. The summed E-state index contributed by atoms with van der Waals surface area (Å²) in [5.41, 5.74) is 0.438. The number of piperidine rings is 1. The average molecular weight is 425 g/mol. The van der Waals surface area contributed by atoms with Gasteiger partial charge in [0.05, 0.1) is 13.2 Å². The minimum Gasteiger partial charge on any atom is -0.465 e. The number of rotatable bonds is 4. The molecule has 4 atom stereocenters. The summed E-state index contributed by atoms with van der Waals surface area (Å²) in [5, 5.41) is 10.8. The first-order valence-electron chi connectivity index (χ1n) is 9.66. The number of ether oxygens (including phenoxy) is 1. The maximum Gasteiger partial charge on any atom is 0.341 e. The molecule has 144 valence electrons. The van der Waals surface area contributed by atoms with Crippen LogP contribution in [-0.4, -0.2) is 42.4 Å². The lowest BCUT2D eigenvalue weighted by Crippen LogP contribution is -2.45. The number of halogens is 1. The van der Waals surface area contributed by atoms with Crippen LogP contribution in [0.4, 0.5) is 5.82 Å². The molecule has 0 amide bonds. The molecule has 26 heavy (non-hydrogen) atoms. The smallest absolute Gasteiger partial charge is 0.341 e. The molecule has 2 heterocycles. The Balaban J connectivity index is 1.68. The summed E-state index contributed by atoms with van der Waals surface area (Å²) in [5.74, 6) is 2.05. The summed E-state index contributed by atoms with van der Waals surface area (Å²) in [6.45, 7) is 3.69. The standard InChI is InChI=1S/C20H29BrN2O3/c1-13-5-3-4-6-14(13)9-15-7-8-23(12-18(15)24)19-17(20(25)26-2)10-16(21)11-22-19/h10-11,13-15,18,24H,3-9,12H2,1-2H3. The third-order valence-electron chi connectivity index (χ3n) is 6.15. The second-order valence-electron chi connectivity index (χ2n) is 7.84. The molecule has 1 N–H and O–H groups in total. The number of methoxy groups -OCH3 is 1. The van der Waals surface area contributed by atoms with E-state index >= 15 is 0 Å². The fourth-order valence-electron chi connectivity index (χ4n) is 4.52. The molecule has 3 rings (SSSR count). The predicted octanol–water partition coefficient (Wildman–Crippen LogP) is 4.03. The number of nitrogens with zero attached hydrogens (tertiary/aromatic N) is 2. The van der Waals surface area contributed by atoms with Crippen LogP contribution < -0.4 is 4.90 Å². The molecular weight excluding hydrogens is 396 g/mol. The third-order valence-corrected chi connectivity index (χ3v) is 6.59. The Labute approximate surface area is 164 Å². The highest BCUT2D eigenvalue weighted by atomic mass is 79.9. The van der Waals surface area contributed by atoms with Crippen molar-refractivity contribution in [2.75, 3.05) is 25.1 Å². The Morgan fingerprint density at radius 3 is 2.81 bits per heavy atom. The maximum atomic E-state index is 12.1. The normalized spacial score (nSPS) is 29.5. The fraction of sp³-hybridized carbons (Fsp3) is 0.700. The number of carbonyl (C=O) groups is 1. The number of hydrogen-bond donors (Lipinski definition) is 1. The van der Waals surface area contributed by atoms with Crippen molar-refractivity contribution in [3.63, 3.8) is 0 Å². The molecule has 0 spiro atoms. The van der Waals surface area contributed by atoms with Crippen LogP contribution in [0.3, 0.4) is 0 Å². The Morgan fingerprint density at radius 1 is 1.35 bits per heavy atom. The summed E-state index contributed by atoms with van der Waals surface area (Å²) in [7, 11) is 1.37. The van der Waals surface area contributed by atoms with Crippen LogP contribution in [0.2, 0.25) is 0 Å². The van der Waals surface area contributed by atoms with Crippen molar-refractivity contribution >= 4 is 27.7 Å². The van der Waals surface area contributed by atoms with Crippen molar-refractivity contribution < 1.29 is 14.6 Å². The lowest BCUT2D eigenvalue weighted by Gasteiger charge is -2.40. The average Bonchev–Trinajstić information content (AvgIpc) is 2.64. The number of aliphatic hydroxyl groups excluding tert-OH is 1. The molecule has 0 bridgehead atoms. The third kappa shape index (κ3) is 4.39. The van der Waals surface area contributed by atoms with Gasteiger partial charge in [0.2, 0.25) is 0 Å². The van der Waals surface area contributed by atoms with Crippen LogP contribution in [0, 0.1) is 17.8 Å². The van der Waals surface area contributed by atoms with Crippen LogP contribution in [-0.2, 0) is 4.74 Å². The highest BCUT2D eigenvalue weighted by Gasteiger charge is 2.33. The number of esters is 1. The van der Waals surface area contributed by atoms with Gasteiger partial charge in [-0.25, -0.2) is 9.78 Å². The first-order chi connectivity index (χ1) is 12.5. The quantitative estimate of drug-likeness (QED) is 0.738. The van der Waals surface area contributed by atoms with Crippen LogP contribution in [0.1, 0.15) is 55.8 Å². The van der Waals surface area contributed by atoms with Gasteiger partial charge in [0.1, 0.15) is 11.4 Å². The molecule has 4 unspecified atom stereocenters. The van der Waals surface area contributed by atoms with Crippen molar-refractivity contribution in [3.05, 3.63) is 22.3 Å². The van der Waals surface area contributed by atoms with Gasteiger partial charge < -0.3 is 14.7 Å². The van der Waals surface area contributed by atoms with E-state index in [4.69, 9.17) is 4.74 Å². The van der Waals surface area contributed by atoms with E-state index in [9.17, 15) is 9.90 Å². The van der Waals surface area contributed by atoms with Crippen molar-refractivity contribution in [2.24, 2.45) is 17.8 Å². The Bertz CT molecular complexity index is 639. The summed E-state index contributed by atoms with van der Waals surface area (Å²) < 4.78 is 5.63. The lowest BCUT2D eigenvalue weighted by atomic mass is 9.73. The van der Waals surface area contributed by atoms with E-state index in [-0.39, 0.29) is 6.10 Å². The Morgan fingerprint density at radius 2 is 2.12 bits per heavy atom. The largest absolute Gasteiger partial charge is 0.465 e. The fourth-order valence-corrected chi connectivity index (χ4v) is 4.86. The minimum absolute atomic E-state index is 0.342. The van der Waals surface area contributed by atoms with Crippen LogP contribution in [0.5, 0.6) is 0 Å². The van der Waals surface area contributed by atoms with Crippen LogP contribution in [0.15, 0.2) is 16.7 Å². The number of aromatic nitrogens is 1. The van der Waals surface area contributed by atoms with E-state index in [1.807, 2.05) is 4.90 Å². The van der Waals surface area contributed by atoms with Crippen LogP contribution in [0.25, 0.3) is 0 Å². The lowest BCUT2D eigenvalue weighted by molar-refractivity contribution is 0.0589. The molecule has 1 saturated carbocycles. The number of hydrogen-bond acceptors (Lipinski definition) is 5. The van der Waals surface area contributed by atoms with Crippen molar-refractivity contribution in [3.8, 4) is 0 Å². The molecule has 1 aliphatic heterocycles. The zero-order chi connectivity index (χ0) is 18.7. The van der Waals surface area contributed by atoms with E-state index in [0.29, 0.717) is 23.8 Å². The molecule has 2 aliphatic rings. The van der Waals surface area contributed by atoms with E-state index in [2.05, 4.69) is 27.8 Å². The minimum atomic E-state index is -0.401. The van der Waals surface area contributed by atoms with Crippen molar-refractivity contribution in [2.45, 2.75) is 51.6 Å². The number of pyridine rings is 1. The van der Waals surface area contributed by atoms with E-state index in [1.165, 1.54) is 32.8 Å². The van der Waals surface area contributed by atoms with Gasteiger partial charge in [-0.3, -0.25) is 0 Å². The van der Waals surface area contributed by atoms with Gasteiger partial charge in [0.25, 0.3) is 0 Å². The zero-order valence-electron chi connectivity index (χ0n) is 15.7. The van der Waals surface area contributed by atoms with Gasteiger partial charge in [-0.1, -0.05) is 32.6 Å². The highest BCUT2D eigenvalue weighted by Crippen LogP contribution is 2.37. The summed E-state index contributed by atoms with van der Waals surface area (Å²) in [4.78, 5) is 18.5. The molecular formula is C20H29BrN2O3. The summed E-state index contributed by atoms with van der Waals surface area (Å²) in [6.07, 6.45) is 8.66. The maximum absolute atomic E-state index is 12.1. The van der Waals surface area contributed by atoms with Gasteiger partial charge in [-0.2, -0.15) is 0 Å². The van der Waals surface area contributed by atoms with Gasteiger partial charge in [0, 0.05) is 23.8 Å². The first kappa shape index (κ1) is 19.6. The summed E-state index contributed by atoms with van der Waals surface area (Å²) in [6, 6.07) is 1.73. The van der Waals surface area contributed by atoms with E-state index in [1.54, 1.807) is 12.3 Å². The molecule has 0 radical (unpaired) electrons. The Kier molecular flexibility index (Phi) is 6.56. The van der Waals surface area contributed by atoms with Crippen molar-refractivity contribution in [1.29, 1.82) is 0 Å². The zero-order valence-corrected chi connectivity index (χ0v) is 17.2. The van der Waals surface area contributed by atoms with Crippen molar-refractivity contribution in [1.82, 2.24) is 4.98 Å². The highest BCUT2D eigenvalue weighted by molar-refractivity contribution is 9.10. The second kappa shape index (κ2) is 8.70. The molecule has 1 aromatic heterocycles. The molecule has 1 aromatic rings. The predicted molar refractivity (Wildman–Crippen MR) is 105 cm³/mol. The number of aliphatic hydroxyl groups is 1.